The third kappa shape index (κ3) is 5.82. The van der Waals surface area contributed by atoms with Crippen LogP contribution in [0.15, 0.2) is 0 Å². The molecule has 0 aliphatic carbocycles. The van der Waals surface area contributed by atoms with E-state index >= 15 is 0 Å². The summed E-state index contributed by atoms with van der Waals surface area (Å²) in [6.45, 7) is 1.85. The lowest BCUT2D eigenvalue weighted by Gasteiger charge is -2.14. The molecule has 2 N–H and O–H groups in total. The molecule has 19 heavy (non-hydrogen) atoms. The van der Waals surface area contributed by atoms with Gasteiger partial charge in [-0.3, -0.25) is 4.79 Å². The van der Waals surface area contributed by atoms with E-state index in [1.54, 1.807) is 0 Å². The number of rotatable bonds is 7. The maximum absolute atomic E-state index is 11.6. The molecule has 0 radical (unpaired) electrons. The van der Waals surface area contributed by atoms with E-state index in [0.29, 0.717) is 19.3 Å². The Labute approximate surface area is 117 Å². The Morgan fingerprint density at radius 1 is 1.47 bits per heavy atom. The highest BCUT2D eigenvalue weighted by molar-refractivity contribution is 8.02. The first kappa shape index (κ1) is 16.3. The Kier molecular flexibility index (Phi) is 6.12. The van der Waals surface area contributed by atoms with Crippen LogP contribution in [0.3, 0.4) is 0 Å². The molecule has 1 heterocycles. The largest absolute Gasteiger partial charge is 0.480 e. The first-order valence-electron chi connectivity index (χ1n) is 6.18. The molecule has 1 fully saturated rings. The van der Waals surface area contributed by atoms with Gasteiger partial charge in [-0.05, 0) is 12.8 Å². The lowest BCUT2D eigenvalue weighted by atomic mass is 10.2. The Morgan fingerprint density at radius 3 is 2.63 bits per heavy atom. The van der Waals surface area contributed by atoms with E-state index in [1.807, 2.05) is 6.92 Å². The van der Waals surface area contributed by atoms with Crippen molar-refractivity contribution < 1.29 is 23.1 Å². The molecule has 1 rings (SSSR count). The van der Waals surface area contributed by atoms with Crippen LogP contribution in [0.2, 0.25) is 0 Å². The second-order valence-electron chi connectivity index (χ2n) is 4.58. The third-order valence-electron chi connectivity index (χ3n) is 2.85. The summed E-state index contributed by atoms with van der Waals surface area (Å²) in [6.07, 6.45) is 1.63. The van der Waals surface area contributed by atoms with E-state index in [9.17, 15) is 18.0 Å². The topological polar surface area (TPSA) is 101 Å². The number of carboxylic acids is 1. The zero-order valence-corrected chi connectivity index (χ0v) is 12.4. The van der Waals surface area contributed by atoms with Crippen LogP contribution in [0.1, 0.15) is 26.2 Å². The summed E-state index contributed by atoms with van der Waals surface area (Å²) in [6, 6.07) is -0.856. The first-order valence-corrected chi connectivity index (χ1v) is 9.05. The molecule has 1 aliphatic heterocycles. The summed E-state index contributed by atoms with van der Waals surface area (Å²) in [5.41, 5.74) is 0. The minimum atomic E-state index is -2.94. The number of sulfone groups is 1. The Bertz CT molecular complexity index is 434. The normalized spacial score (nSPS) is 22.9. The molecule has 2 atom stereocenters. The summed E-state index contributed by atoms with van der Waals surface area (Å²) in [4.78, 5) is 22.5. The minimum absolute atomic E-state index is 0.0507. The number of thioether (sulfide) groups is 1. The predicted molar refractivity (Wildman–Crippen MR) is 74.0 cm³/mol. The van der Waals surface area contributed by atoms with Crippen molar-refractivity contribution in [2.45, 2.75) is 37.5 Å². The quantitative estimate of drug-likeness (QED) is 0.700. The second-order valence-corrected chi connectivity index (χ2v) is 8.10. The molecule has 8 heteroatoms. The molecule has 0 spiro atoms. The zero-order valence-electron chi connectivity index (χ0n) is 10.8. The van der Waals surface area contributed by atoms with Crippen molar-refractivity contribution in [3.05, 3.63) is 0 Å². The van der Waals surface area contributed by atoms with Crippen LogP contribution in [0.5, 0.6) is 0 Å². The SMILES string of the molecule is CCC[C@H](NC(=O)CSC1CCS(=O)(=O)C1)C(=O)O. The number of carboxylic acid groups (broad SMARTS) is 1. The van der Waals surface area contributed by atoms with E-state index in [1.165, 1.54) is 11.8 Å². The molecule has 110 valence electrons. The maximum atomic E-state index is 11.6. The van der Waals surface area contributed by atoms with Crippen LogP contribution in [0, 0.1) is 0 Å². The van der Waals surface area contributed by atoms with Gasteiger partial charge in [0.25, 0.3) is 0 Å². The van der Waals surface area contributed by atoms with Crippen LogP contribution in [0.4, 0.5) is 0 Å². The smallest absolute Gasteiger partial charge is 0.326 e. The number of carbonyl (C=O) groups is 2. The van der Waals surface area contributed by atoms with Gasteiger partial charge in [0.1, 0.15) is 6.04 Å². The van der Waals surface area contributed by atoms with Crippen molar-refractivity contribution in [1.29, 1.82) is 0 Å². The van der Waals surface area contributed by atoms with Crippen molar-refractivity contribution in [2.75, 3.05) is 17.3 Å². The van der Waals surface area contributed by atoms with Crippen molar-refractivity contribution in [3.8, 4) is 0 Å². The summed E-state index contributed by atoms with van der Waals surface area (Å²) in [5, 5.41) is 11.3. The highest BCUT2D eigenvalue weighted by Gasteiger charge is 2.29. The van der Waals surface area contributed by atoms with E-state index in [-0.39, 0.29) is 28.4 Å². The number of hydrogen-bond donors (Lipinski definition) is 2. The molecule has 0 saturated carbocycles. The van der Waals surface area contributed by atoms with Crippen LogP contribution >= 0.6 is 11.8 Å². The van der Waals surface area contributed by atoms with Gasteiger partial charge >= 0.3 is 5.97 Å². The van der Waals surface area contributed by atoms with Gasteiger partial charge in [-0.25, -0.2) is 13.2 Å². The minimum Gasteiger partial charge on any atom is -0.480 e. The number of amides is 1. The highest BCUT2D eigenvalue weighted by Crippen LogP contribution is 2.23. The fourth-order valence-corrected chi connectivity index (χ4v) is 5.32. The molecule has 1 aliphatic rings. The van der Waals surface area contributed by atoms with Gasteiger partial charge in [0, 0.05) is 5.25 Å². The van der Waals surface area contributed by atoms with Gasteiger partial charge < -0.3 is 10.4 Å². The molecular weight excluding hydrogens is 290 g/mol. The molecule has 1 saturated heterocycles. The number of hydrogen-bond acceptors (Lipinski definition) is 5. The molecule has 0 bridgehead atoms. The summed E-state index contributed by atoms with van der Waals surface area (Å²) < 4.78 is 22.5. The average Bonchev–Trinajstić information content (AvgIpc) is 2.66. The summed E-state index contributed by atoms with van der Waals surface area (Å²) >= 11 is 1.28. The van der Waals surface area contributed by atoms with E-state index in [0.717, 1.165) is 0 Å². The van der Waals surface area contributed by atoms with Crippen LogP contribution in [-0.4, -0.2) is 54.0 Å². The zero-order chi connectivity index (χ0) is 14.5. The Morgan fingerprint density at radius 2 is 2.16 bits per heavy atom. The second kappa shape index (κ2) is 7.14. The van der Waals surface area contributed by atoms with Crippen LogP contribution < -0.4 is 5.32 Å². The molecule has 0 aromatic heterocycles. The summed E-state index contributed by atoms with van der Waals surface area (Å²) in [7, 11) is -2.94. The van der Waals surface area contributed by atoms with E-state index in [2.05, 4.69) is 5.32 Å². The van der Waals surface area contributed by atoms with Crippen molar-refractivity contribution in [1.82, 2.24) is 5.32 Å². The Hall–Kier alpha value is -0.760. The van der Waals surface area contributed by atoms with E-state index < -0.39 is 21.8 Å². The molecule has 1 amide bonds. The molecule has 0 aromatic carbocycles. The van der Waals surface area contributed by atoms with Gasteiger partial charge in [0.05, 0.1) is 17.3 Å². The van der Waals surface area contributed by atoms with E-state index in [4.69, 9.17) is 5.11 Å². The van der Waals surface area contributed by atoms with Crippen molar-refractivity contribution >= 4 is 33.5 Å². The van der Waals surface area contributed by atoms with Crippen molar-refractivity contribution in [3.63, 3.8) is 0 Å². The van der Waals surface area contributed by atoms with Gasteiger partial charge in [-0.2, -0.15) is 0 Å². The molecule has 1 unspecified atom stereocenters. The monoisotopic (exact) mass is 309 g/mol. The lowest BCUT2D eigenvalue weighted by molar-refractivity contribution is -0.141. The van der Waals surface area contributed by atoms with Crippen molar-refractivity contribution in [2.24, 2.45) is 0 Å². The van der Waals surface area contributed by atoms with Gasteiger partial charge in [-0.1, -0.05) is 13.3 Å². The molecular formula is C11H19NO5S2. The molecule has 0 aromatic rings. The predicted octanol–water partition coefficient (Wildman–Crippen LogP) is 0.276. The third-order valence-corrected chi connectivity index (χ3v) is 6.13. The van der Waals surface area contributed by atoms with Gasteiger partial charge in [-0.15, -0.1) is 11.8 Å². The number of aliphatic carboxylic acids is 1. The fraction of sp³-hybridized carbons (Fsp3) is 0.818. The molecule has 6 nitrogen and oxygen atoms in total. The highest BCUT2D eigenvalue weighted by atomic mass is 32.2. The maximum Gasteiger partial charge on any atom is 0.326 e. The standard InChI is InChI=1S/C11H19NO5S2/c1-2-3-9(11(14)15)12-10(13)6-18-8-4-5-19(16,17)7-8/h8-9H,2-7H2,1H3,(H,12,13)(H,14,15)/t8?,9-/m0/s1. The lowest BCUT2D eigenvalue weighted by Crippen LogP contribution is -2.41. The summed E-state index contributed by atoms with van der Waals surface area (Å²) in [5.74, 6) is -0.991. The number of nitrogens with one attached hydrogen (secondary N) is 1. The average molecular weight is 309 g/mol. The van der Waals surface area contributed by atoms with Gasteiger partial charge in [0.15, 0.2) is 9.84 Å². The Balaban J connectivity index is 2.33. The number of carbonyl (C=O) groups excluding carboxylic acids is 1. The fourth-order valence-electron chi connectivity index (χ4n) is 1.87. The van der Waals surface area contributed by atoms with Crippen LogP contribution in [-0.2, 0) is 19.4 Å². The first-order chi connectivity index (χ1) is 8.84. The van der Waals surface area contributed by atoms with Gasteiger partial charge in [0.2, 0.25) is 5.91 Å². The van der Waals surface area contributed by atoms with Crippen LogP contribution in [0.25, 0.3) is 0 Å².